The van der Waals surface area contributed by atoms with Gasteiger partial charge in [-0.3, -0.25) is 15.6 Å². The van der Waals surface area contributed by atoms with Gasteiger partial charge in [0.2, 0.25) is 0 Å². The molecule has 0 aliphatic heterocycles. The van der Waals surface area contributed by atoms with Crippen LogP contribution < -0.4 is 16.6 Å². The number of hydrazine groups is 1. The first-order chi connectivity index (χ1) is 9.81. The maximum absolute atomic E-state index is 12.0. The smallest absolute Gasteiger partial charge is 0.253 e. The Kier molecular flexibility index (Phi) is 5.08. The average molecular weight is 274 g/mol. The van der Waals surface area contributed by atoms with Crippen molar-refractivity contribution in [3.05, 3.63) is 42.7 Å². The van der Waals surface area contributed by atoms with E-state index in [2.05, 4.69) is 20.7 Å². The van der Waals surface area contributed by atoms with Gasteiger partial charge in [-0.05, 0) is 18.9 Å². The summed E-state index contributed by atoms with van der Waals surface area (Å²) in [5.41, 5.74) is 3.48. The minimum Gasteiger partial charge on any atom is -0.352 e. The molecule has 7 heteroatoms. The van der Waals surface area contributed by atoms with Crippen LogP contribution in [0.25, 0.3) is 0 Å². The highest BCUT2D eigenvalue weighted by Crippen LogP contribution is 2.11. The molecule has 106 valence electrons. The number of hydrogen-bond donors (Lipinski definition) is 3. The van der Waals surface area contributed by atoms with E-state index in [9.17, 15) is 4.79 Å². The molecule has 0 bridgehead atoms. The molecular weight excluding hydrogens is 256 g/mol. The van der Waals surface area contributed by atoms with Crippen molar-refractivity contribution in [3.8, 4) is 0 Å². The fourth-order valence-corrected chi connectivity index (χ4v) is 1.84. The molecule has 0 spiro atoms. The summed E-state index contributed by atoms with van der Waals surface area (Å²) in [6.07, 6.45) is 10.4. The number of aromatic nitrogens is 3. The largest absolute Gasteiger partial charge is 0.352 e. The number of imidazole rings is 1. The van der Waals surface area contributed by atoms with E-state index in [1.807, 2.05) is 10.8 Å². The number of rotatable bonds is 7. The highest BCUT2D eigenvalue weighted by Gasteiger charge is 2.09. The van der Waals surface area contributed by atoms with Crippen molar-refractivity contribution in [3.63, 3.8) is 0 Å². The Morgan fingerprint density at radius 2 is 2.20 bits per heavy atom. The molecule has 7 nitrogen and oxygen atoms in total. The Morgan fingerprint density at radius 1 is 1.30 bits per heavy atom. The highest BCUT2D eigenvalue weighted by molar-refractivity contribution is 5.99. The van der Waals surface area contributed by atoms with Crippen molar-refractivity contribution in [1.29, 1.82) is 0 Å². The summed E-state index contributed by atoms with van der Waals surface area (Å²) in [4.78, 5) is 19.8. The number of carbonyl (C=O) groups excluding carboxylic acids is 1. The maximum atomic E-state index is 12.0. The third kappa shape index (κ3) is 3.79. The van der Waals surface area contributed by atoms with Gasteiger partial charge in [0.05, 0.1) is 23.8 Å². The molecule has 2 rings (SSSR count). The zero-order valence-corrected chi connectivity index (χ0v) is 11.1. The molecule has 20 heavy (non-hydrogen) atoms. The molecule has 0 atom stereocenters. The van der Waals surface area contributed by atoms with Crippen LogP contribution in [0.2, 0.25) is 0 Å². The first kappa shape index (κ1) is 14.0. The van der Waals surface area contributed by atoms with Crippen LogP contribution in [0.15, 0.2) is 37.2 Å². The summed E-state index contributed by atoms with van der Waals surface area (Å²) in [7, 11) is 0. The number of pyridine rings is 1. The third-order valence-corrected chi connectivity index (χ3v) is 2.91. The summed E-state index contributed by atoms with van der Waals surface area (Å²) in [6.45, 7) is 1.53. The van der Waals surface area contributed by atoms with Crippen LogP contribution in [-0.2, 0) is 6.54 Å². The van der Waals surface area contributed by atoms with Crippen molar-refractivity contribution in [1.82, 2.24) is 19.9 Å². The van der Waals surface area contributed by atoms with Crippen molar-refractivity contribution in [2.24, 2.45) is 5.84 Å². The van der Waals surface area contributed by atoms with Crippen LogP contribution in [-0.4, -0.2) is 27.0 Å². The monoisotopic (exact) mass is 274 g/mol. The molecule has 0 aromatic carbocycles. The van der Waals surface area contributed by atoms with E-state index in [1.54, 1.807) is 24.8 Å². The van der Waals surface area contributed by atoms with Gasteiger partial charge in [-0.25, -0.2) is 4.98 Å². The standard InChI is InChI=1S/C13H18N6O/c14-18-12-9-15-5-3-11(12)13(20)17-4-1-2-7-19-8-6-16-10-19/h3,5-6,8-10,18H,1-2,4,7,14H2,(H,17,20). The lowest BCUT2D eigenvalue weighted by Gasteiger charge is -2.09. The van der Waals surface area contributed by atoms with Gasteiger partial charge in [0.1, 0.15) is 0 Å². The molecule has 0 radical (unpaired) electrons. The molecule has 2 heterocycles. The quantitative estimate of drug-likeness (QED) is 0.393. The van der Waals surface area contributed by atoms with Gasteiger partial charge in [-0.1, -0.05) is 0 Å². The molecule has 0 saturated carbocycles. The van der Waals surface area contributed by atoms with Crippen molar-refractivity contribution in [2.75, 3.05) is 12.0 Å². The normalized spacial score (nSPS) is 10.2. The second kappa shape index (κ2) is 7.25. The molecule has 0 aliphatic rings. The fraction of sp³-hybridized carbons (Fsp3) is 0.308. The Labute approximate surface area is 117 Å². The van der Waals surface area contributed by atoms with Gasteiger partial charge in [0.25, 0.3) is 5.91 Å². The maximum Gasteiger partial charge on any atom is 0.253 e. The van der Waals surface area contributed by atoms with Gasteiger partial charge in [-0.2, -0.15) is 0 Å². The zero-order valence-electron chi connectivity index (χ0n) is 11.1. The Morgan fingerprint density at radius 3 is 2.95 bits per heavy atom. The van der Waals surface area contributed by atoms with E-state index in [4.69, 9.17) is 5.84 Å². The highest BCUT2D eigenvalue weighted by atomic mass is 16.1. The Hall–Kier alpha value is -2.41. The number of unbranched alkanes of at least 4 members (excludes halogenated alkanes) is 1. The fourth-order valence-electron chi connectivity index (χ4n) is 1.84. The molecule has 2 aromatic rings. The van der Waals surface area contributed by atoms with Crippen LogP contribution in [0, 0.1) is 0 Å². The van der Waals surface area contributed by atoms with Crippen molar-refractivity contribution < 1.29 is 4.79 Å². The van der Waals surface area contributed by atoms with Gasteiger partial charge in [-0.15, -0.1) is 0 Å². The first-order valence-corrected chi connectivity index (χ1v) is 6.46. The van der Waals surface area contributed by atoms with Crippen LogP contribution in [0.5, 0.6) is 0 Å². The first-order valence-electron chi connectivity index (χ1n) is 6.46. The van der Waals surface area contributed by atoms with Crippen LogP contribution in [0.1, 0.15) is 23.2 Å². The molecule has 2 aromatic heterocycles. The van der Waals surface area contributed by atoms with E-state index in [0.717, 1.165) is 19.4 Å². The summed E-state index contributed by atoms with van der Waals surface area (Å²) >= 11 is 0. The Balaban J connectivity index is 1.72. The number of nitrogens with one attached hydrogen (secondary N) is 2. The lowest BCUT2D eigenvalue weighted by atomic mass is 10.2. The van der Waals surface area contributed by atoms with Crippen molar-refractivity contribution >= 4 is 11.6 Å². The summed E-state index contributed by atoms with van der Waals surface area (Å²) in [6, 6.07) is 1.63. The number of nitrogen functional groups attached to an aromatic ring is 1. The van der Waals surface area contributed by atoms with Gasteiger partial charge in [0, 0.05) is 31.7 Å². The third-order valence-electron chi connectivity index (χ3n) is 2.91. The van der Waals surface area contributed by atoms with E-state index >= 15 is 0 Å². The number of hydrogen-bond acceptors (Lipinski definition) is 5. The Bertz CT molecular complexity index is 540. The van der Waals surface area contributed by atoms with E-state index < -0.39 is 0 Å². The SMILES string of the molecule is NNc1cnccc1C(=O)NCCCCn1ccnc1. The van der Waals surface area contributed by atoms with E-state index in [1.165, 1.54) is 6.20 Å². The molecule has 0 aliphatic carbocycles. The molecule has 0 fully saturated rings. The lowest BCUT2D eigenvalue weighted by molar-refractivity contribution is 0.0953. The number of aryl methyl sites for hydroxylation is 1. The number of anilines is 1. The molecule has 4 N–H and O–H groups in total. The molecular formula is C13H18N6O. The minimum atomic E-state index is -0.150. The van der Waals surface area contributed by atoms with Gasteiger partial charge >= 0.3 is 0 Å². The summed E-state index contributed by atoms with van der Waals surface area (Å²) < 4.78 is 2.02. The van der Waals surface area contributed by atoms with Crippen molar-refractivity contribution in [2.45, 2.75) is 19.4 Å². The van der Waals surface area contributed by atoms with Crippen LogP contribution >= 0.6 is 0 Å². The topological polar surface area (TPSA) is 97.9 Å². The number of nitrogens with zero attached hydrogens (tertiary/aromatic N) is 3. The van der Waals surface area contributed by atoms with E-state index in [0.29, 0.717) is 17.8 Å². The van der Waals surface area contributed by atoms with Gasteiger partial charge in [0.15, 0.2) is 0 Å². The molecule has 0 unspecified atom stereocenters. The molecule has 0 saturated heterocycles. The van der Waals surface area contributed by atoms with E-state index in [-0.39, 0.29) is 5.91 Å². The van der Waals surface area contributed by atoms with Crippen LogP contribution in [0.4, 0.5) is 5.69 Å². The van der Waals surface area contributed by atoms with Gasteiger partial charge < -0.3 is 15.3 Å². The van der Waals surface area contributed by atoms with Crippen LogP contribution in [0.3, 0.4) is 0 Å². The summed E-state index contributed by atoms with van der Waals surface area (Å²) in [5.74, 6) is 5.19. The second-order valence-electron chi connectivity index (χ2n) is 4.33. The minimum absolute atomic E-state index is 0.150. The summed E-state index contributed by atoms with van der Waals surface area (Å²) in [5, 5.41) is 2.87. The second-order valence-corrected chi connectivity index (χ2v) is 4.33. The molecule has 1 amide bonds. The number of carbonyl (C=O) groups is 1. The lowest BCUT2D eigenvalue weighted by Crippen LogP contribution is -2.26. The zero-order chi connectivity index (χ0) is 14.2. The number of amides is 1. The predicted octanol–water partition coefficient (Wildman–Crippen LogP) is 0.774. The predicted molar refractivity (Wildman–Crippen MR) is 75.8 cm³/mol. The number of nitrogens with two attached hydrogens (primary N) is 1. The average Bonchev–Trinajstić information content (AvgIpc) is 3.00.